The minimum absolute atomic E-state index is 0.235. The van der Waals surface area contributed by atoms with Gasteiger partial charge in [0.1, 0.15) is 11.6 Å². The van der Waals surface area contributed by atoms with Crippen LogP contribution in [0.25, 0.3) is 0 Å². The van der Waals surface area contributed by atoms with E-state index in [0.717, 1.165) is 5.33 Å². The van der Waals surface area contributed by atoms with Gasteiger partial charge in [-0.1, -0.05) is 22.9 Å². The van der Waals surface area contributed by atoms with Crippen molar-refractivity contribution in [2.45, 2.75) is 6.92 Å². The summed E-state index contributed by atoms with van der Waals surface area (Å²) in [5.74, 6) is 0.945. The van der Waals surface area contributed by atoms with Crippen LogP contribution < -0.4 is 4.74 Å². The van der Waals surface area contributed by atoms with E-state index in [9.17, 15) is 4.39 Å². The Morgan fingerprint density at radius 3 is 2.54 bits per heavy atom. The monoisotopic (exact) mass is 246 g/mol. The summed E-state index contributed by atoms with van der Waals surface area (Å²) in [5.41, 5.74) is 0. The quantitative estimate of drug-likeness (QED) is 0.742. The van der Waals surface area contributed by atoms with Crippen molar-refractivity contribution < 1.29 is 9.13 Å². The zero-order valence-electron chi connectivity index (χ0n) is 7.47. The first-order chi connectivity index (χ1) is 6.22. The fraction of sp³-hybridized carbons (Fsp3) is 0.400. The van der Waals surface area contributed by atoms with Crippen molar-refractivity contribution in [1.82, 2.24) is 0 Å². The molecule has 13 heavy (non-hydrogen) atoms. The number of hydrogen-bond donors (Lipinski definition) is 0. The number of benzene rings is 1. The second-order valence-electron chi connectivity index (χ2n) is 3.02. The third-order valence-electron chi connectivity index (χ3n) is 1.61. The summed E-state index contributed by atoms with van der Waals surface area (Å²) in [5, 5.41) is 0.911. The zero-order valence-corrected chi connectivity index (χ0v) is 9.05. The highest BCUT2D eigenvalue weighted by Crippen LogP contribution is 2.12. The van der Waals surface area contributed by atoms with E-state index in [2.05, 4.69) is 22.9 Å². The first-order valence-electron chi connectivity index (χ1n) is 4.16. The molecule has 0 amide bonds. The lowest BCUT2D eigenvalue weighted by Crippen LogP contribution is -2.09. The fourth-order valence-corrected chi connectivity index (χ4v) is 1.00. The van der Waals surface area contributed by atoms with E-state index in [1.807, 2.05) is 0 Å². The lowest BCUT2D eigenvalue weighted by molar-refractivity contribution is 0.274. The molecular weight excluding hydrogens is 235 g/mol. The third-order valence-corrected chi connectivity index (χ3v) is 2.72. The van der Waals surface area contributed by atoms with Crippen LogP contribution >= 0.6 is 15.9 Å². The summed E-state index contributed by atoms with van der Waals surface area (Å²) in [6, 6.07) is 6.06. The molecule has 0 radical (unpaired) electrons. The van der Waals surface area contributed by atoms with Crippen molar-refractivity contribution in [2.75, 3.05) is 11.9 Å². The highest BCUT2D eigenvalue weighted by molar-refractivity contribution is 9.09. The number of hydrogen-bond acceptors (Lipinski definition) is 1. The van der Waals surface area contributed by atoms with Gasteiger partial charge in [0.15, 0.2) is 0 Å². The Kier molecular flexibility index (Phi) is 4.22. The summed E-state index contributed by atoms with van der Waals surface area (Å²) in [7, 11) is 0. The van der Waals surface area contributed by atoms with Crippen LogP contribution in [0.15, 0.2) is 24.3 Å². The molecule has 0 saturated carbocycles. The summed E-state index contributed by atoms with van der Waals surface area (Å²) < 4.78 is 17.9. The summed E-state index contributed by atoms with van der Waals surface area (Å²) in [6.07, 6.45) is 0. The van der Waals surface area contributed by atoms with Crippen molar-refractivity contribution in [3.05, 3.63) is 30.1 Å². The molecule has 0 aliphatic rings. The van der Waals surface area contributed by atoms with E-state index < -0.39 is 0 Å². The number of ether oxygens (including phenoxy) is 1. The highest BCUT2D eigenvalue weighted by Gasteiger charge is 2.00. The smallest absolute Gasteiger partial charge is 0.123 e. The predicted octanol–water partition coefficient (Wildman–Crippen LogP) is 3.24. The maximum atomic E-state index is 12.5. The van der Waals surface area contributed by atoms with Crippen molar-refractivity contribution >= 4 is 15.9 Å². The van der Waals surface area contributed by atoms with Gasteiger partial charge in [0.05, 0.1) is 6.61 Å². The average Bonchev–Trinajstić information content (AvgIpc) is 2.16. The van der Waals surface area contributed by atoms with Crippen LogP contribution in [-0.4, -0.2) is 11.9 Å². The van der Waals surface area contributed by atoms with Gasteiger partial charge in [-0.2, -0.15) is 0 Å². The first-order valence-corrected chi connectivity index (χ1v) is 5.29. The summed E-state index contributed by atoms with van der Waals surface area (Å²) in [4.78, 5) is 0. The minimum atomic E-state index is -0.235. The van der Waals surface area contributed by atoms with Gasteiger partial charge in [0.25, 0.3) is 0 Å². The first kappa shape index (κ1) is 10.5. The molecular formula is C10H12BrFO. The maximum Gasteiger partial charge on any atom is 0.123 e. The Labute approximate surface area is 86.0 Å². The number of rotatable bonds is 4. The topological polar surface area (TPSA) is 9.23 Å². The Morgan fingerprint density at radius 2 is 2.00 bits per heavy atom. The van der Waals surface area contributed by atoms with Crippen LogP contribution in [0.5, 0.6) is 5.75 Å². The second kappa shape index (κ2) is 5.22. The minimum Gasteiger partial charge on any atom is -0.493 e. The van der Waals surface area contributed by atoms with Gasteiger partial charge in [0.2, 0.25) is 0 Å². The van der Waals surface area contributed by atoms with Crippen LogP contribution in [0, 0.1) is 11.7 Å². The Morgan fingerprint density at radius 1 is 1.38 bits per heavy atom. The van der Waals surface area contributed by atoms with Gasteiger partial charge in [-0.05, 0) is 30.2 Å². The fourth-order valence-electron chi connectivity index (χ4n) is 0.814. The molecule has 1 nitrogen and oxygen atoms in total. The third kappa shape index (κ3) is 3.77. The largest absolute Gasteiger partial charge is 0.493 e. The van der Waals surface area contributed by atoms with Gasteiger partial charge in [0, 0.05) is 5.33 Å². The van der Waals surface area contributed by atoms with E-state index in [-0.39, 0.29) is 5.82 Å². The molecule has 0 aliphatic carbocycles. The molecule has 0 saturated heterocycles. The normalized spacial score (nSPS) is 12.5. The lowest BCUT2D eigenvalue weighted by atomic mass is 10.2. The molecule has 0 aromatic heterocycles. The van der Waals surface area contributed by atoms with E-state index in [0.29, 0.717) is 18.3 Å². The van der Waals surface area contributed by atoms with Gasteiger partial charge in [-0.15, -0.1) is 0 Å². The van der Waals surface area contributed by atoms with Gasteiger partial charge in [-0.25, -0.2) is 4.39 Å². The van der Waals surface area contributed by atoms with E-state index >= 15 is 0 Å². The molecule has 1 atom stereocenters. The molecule has 1 aromatic rings. The molecule has 1 aromatic carbocycles. The number of halogens is 2. The number of alkyl halides is 1. The molecule has 72 valence electrons. The molecule has 1 unspecified atom stereocenters. The molecule has 3 heteroatoms. The molecule has 0 heterocycles. The van der Waals surface area contributed by atoms with Crippen LogP contribution in [0.4, 0.5) is 4.39 Å². The molecule has 0 N–H and O–H groups in total. The van der Waals surface area contributed by atoms with Crippen molar-refractivity contribution in [2.24, 2.45) is 5.92 Å². The van der Waals surface area contributed by atoms with Crippen LogP contribution in [0.3, 0.4) is 0 Å². The molecule has 0 aliphatic heterocycles. The lowest BCUT2D eigenvalue weighted by Gasteiger charge is -2.09. The van der Waals surface area contributed by atoms with Crippen LogP contribution in [-0.2, 0) is 0 Å². The zero-order chi connectivity index (χ0) is 9.68. The molecule has 0 fully saturated rings. The summed E-state index contributed by atoms with van der Waals surface area (Å²) in [6.45, 7) is 2.73. The van der Waals surface area contributed by atoms with Gasteiger partial charge in [-0.3, -0.25) is 0 Å². The Hall–Kier alpha value is -0.570. The SMILES string of the molecule is CC(CBr)COc1ccc(F)cc1. The van der Waals surface area contributed by atoms with Crippen molar-refractivity contribution in [1.29, 1.82) is 0 Å². The Balaban J connectivity index is 2.41. The standard InChI is InChI=1S/C10H12BrFO/c1-8(6-11)7-13-10-4-2-9(12)3-5-10/h2-5,8H,6-7H2,1H3. The van der Waals surface area contributed by atoms with Gasteiger partial charge >= 0.3 is 0 Å². The summed E-state index contributed by atoms with van der Waals surface area (Å²) >= 11 is 3.36. The predicted molar refractivity (Wildman–Crippen MR) is 54.9 cm³/mol. The molecule has 0 spiro atoms. The van der Waals surface area contributed by atoms with Crippen molar-refractivity contribution in [3.8, 4) is 5.75 Å². The van der Waals surface area contributed by atoms with Gasteiger partial charge < -0.3 is 4.74 Å². The highest BCUT2D eigenvalue weighted by atomic mass is 79.9. The van der Waals surface area contributed by atoms with Crippen LogP contribution in [0.1, 0.15) is 6.92 Å². The maximum absolute atomic E-state index is 12.5. The van der Waals surface area contributed by atoms with Crippen LogP contribution in [0.2, 0.25) is 0 Å². The van der Waals surface area contributed by atoms with E-state index in [4.69, 9.17) is 4.74 Å². The van der Waals surface area contributed by atoms with E-state index in [1.54, 1.807) is 12.1 Å². The molecule has 1 rings (SSSR count). The molecule has 0 bridgehead atoms. The van der Waals surface area contributed by atoms with E-state index in [1.165, 1.54) is 12.1 Å². The Bertz CT molecular complexity index is 248. The average molecular weight is 247 g/mol. The second-order valence-corrected chi connectivity index (χ2v) is 3.67. The van der Waals surface area contributed by atoms with Crippen molar-refractivity contribution in [3.63, 3.8) is 0 Å².